The first kappa shape index (κ1) is 23.6. The fourth-order valence-corrected chi connectivity index (χ4v) is 4.29. The number of allylic oxidation sites excluding steroid dienone is 6. The van der Waals surface area contributed by atoms with Crippen LogP contribution in [-0.2, 0) is 9.31 Å². The summed E-state index contributed by atoms with van der Waals surface area (Å²) >= 11 is 0. The van der Waals surface area contributed by atoms with Crippen LogP contribution in [-0.4, -0.2) is 12.8 Å². The molecule has 2 aliphatic rings. The van der Waals surface area contributed by atoms with Crippen LogP contribution in [0, 0.1) is 13.8 Å². The molecule has 0 bridgehead atoms. The molecule has 180 valence electrons. The predicted octanol–water partition coefficient (Wildman–Crippen LogP) is 7.81. The molecule has 3 aromatic rings. The predicted molar refractivity (Wildman–Crippen MR) is 143 cm³/mol. The maximum atomic E-state index is 14.4. The van der Waals surface area contributed by atoms with Gasteiger partial charge in [0.05, 0.1) is 11.5 Å². The van der Waals surface area contributed by atoms with Crippen LogP contribution in [0.25, 0.3) is 5.76 Å². The summed E-state index contributed by atoms with van der Waals surface area (Å²) in [6.45, 7) is 6.08. The lowest BCUT2D eigenvalue weighted by Crippen LogP contribution is -2.34. The highest BCUT2D eigenvalue weighted by atomic mass is 19.3. The minimum atomic E-state index is -4.49. The van der Waals surface area contributed by atoms with Gasteiger partial charge in [0.1, 0.15) is 0 Å². The van der Waals surface area contributed by atoms with E-state index in [9.17, 15) is 8.63 Å². The highest BCUT2D eigenvalue weighted by molar-refractivity contribution is 6.53. The van der Waals surface area contributed by atoms with Crippen LogP contribution in [0.15, 0.2) is 120 Å². The third-order valence-electron chi connectivity index (χ3n) is 6.16. The molecule has 0 spiro atoms. The zero-order chi connectivity index (χ0) is 25.3. The van der Waals surface area contributed by atoms with Gasteiger partial charge in [-0.15, -0.1) is 0 Å². The van der Waals surface area contributed by atoms with E-state index < -0.39 is 7.11 Å². The van der Waals surface area contributed by atoms with E-state index in [4.69, 9.17) is 9.31 Å². The fourth-order valence-electron chi connectivity index (χ4n) is 4.29. The van der Waals surface area contributed by atoms with E-state index in [1.807, 2.05) is 31.2 Å². The van der Waals surface area contributed by atoms with E-state index >= 15 is 0 Å². The first-order chi connectivity index (χ1) is 17.3. The normalized spacial score (nSPS) is 18.6. The number of hydrogen-bond acceptors (Lipinski definition) is 2. The molecule has 36 heavy (non-hydrogen) atoms. The van der Waals surface area contributed by atoms with Crippen LogP contribution in [0.5, 0.6) is 0 Å². The van der Waals surface area contributed by atoms with Gasteiger partial charge in [-0.1, -0.05) is 65.7 Å². The average molecular weight is 481 g/mol. The van der Waals surface area contributed by atoms with Crippen LogP contribution < -0.4 is 4.58 Å². The summed E-state index contributed by atoms with van der Waals surface area (Å²) < 4.78 is 40.9. The Morgan fingerprint density at radius 3 is 1.81 bits per heavy atom. The van der Waals surface area contributed by atoms with E-state index in [1.54, 1.807) is 24.3 Å². The lowest BCUT2D eigenvalue weighted by atomic mass is 9.97. The van der Waals surface area contributed by atoms with Gasteiger partial charge >= 0.3 is 7.11 Å². The second-order valence-electron chi connectivity index (χ2n) is 9.02. The van der Waals surface area contributed by atoms with Crippen molar-refractivity contribution in [2.24, 2.45) is 0 Å². The number of aryl methyl sites for hydroxylation is 2. The molecule has 0 saturated carbocycles. The molecule has 3 aromatic carbocycles. The molecule has 0 N–H and O–H groups in total. The molecule has 0 fully saturated rings. The van der Waals surface area contributed by atoms with Gasteiger partial charge < -0.3 is 17.9 Å². The number of halogens is 2. The highest BCUT2D eigenvalue weighted by Gasteiger charge is 2.38. The van der Waals surface area contributed by atoms with Crippen LogP contribution in [0.4, 0.5) is 20.0 Å². The van der Waals surface area contributed by atoms with Crippen molar-refractivity contribution in [1.82, 2.24) is 4.58 Å². The van der Waals surface area contributed by atoms with Crippen molar-refractivity contribution < 1.29 is 17.9 Å². The molecule has 0 unspecified atom stereocenters. The van der Waals surface area contributed by atoms with Crippen LogP contribution in [0.3, 0.4) is 0 Å². The van der Waals surface area contributed by atoms with Gasteiger partial charge in [0.25, 0.3) is 0 Å². The second kappa shape index (κ2) is 9.46. The van der Waals surface area contributed by atoms with Gasteiger partial charge in [0.2, 0.25) is 17.1 Å². The third kappa shape index (κ3) is 4.94. The average Bonchev–Trinajstić information content (AvgIpc) is 2.87. The largest absolute Gasteiger partial charge is 0.725 e. The summed E-state index contributed by atoms with van der Waals surface area (Å²) in [4.78, 5) is 0. The quantitative estimate of drug-likeness (QED) is 0.281. The lowest BCUT2D eigenvalue weighted by molar-refractivity contribution is 0.172. The van der Waals surface area contributed by atoms with Gasteiger partial charge in [0, 0.05) is 53.1 Å². The SMILES string of the molecule is CC1=C/C(=C2\C=C(c3ccccc3)O[B-](F)(F)O2)C=CC1=[N+](c1ccc(C)cc1)c1ccc(C)cc1. The fraction of sp³-hybridized carbons (Fsp3) is 0.100. The van der Waals surface area contributed by atoms with Gasteiger partial charge in [-0.3, -0.25) is 0 Å². The molecule has 1 aliphatic carbocycles. The van der Waals surface area contributed by atoms with Crippen molar-refractivity contribution in [3.63, 3.8) is 0 Å². The van der Waals surface area contributed by atoms with Gasteiger partial charge in [-0.25, -0.2) is 0 Å². The summed E-state index contributed by atoms with van der Waals surface area (Å²) in [5.74, 6) is 0.168. The maximum absolute atomic E-state index is 14.4. The molecular formula is C30H26BF2NO2. The van der Waals surface area contributed by atoms with Crippen LogP contribution in [0.1, 0.15) is 23.6 Å². The molecule has 0 radical (unpaired) electrons. The first-order valence-corrected chi connectivity index (χ1v) is 11.9. The Morgan fingerprint density at radius 1 is 0.667 bits per heavy atom. The molecule has 1 heterocycles. The summed E-state index contributed by atoms with van der Waals surface area (Å²) in [7, 11) is -4.49. The highest BCUT2D eigenvalue weighted by Crippen LogP contribution is 2.35. The van der Waals surface area contributed by atoms with Crippen molar-refractivity contribution in [2.45, 2.75) is 20.8 Å². The maximum Gasteiger partial charge on any atom is 0.725 e. The molecular weight excluding hydrogens is 455 g/mol. The summed E-state index contributed by atoms with van der Waals surface area (Å²) in [6.07, 6.45) is 7.15. The summed E-state index contributed by atoms with van der Waals surface area (Å²) in [6, 6.07) is 25.5. The standard InChI is InChI=1S/C30H26BF2NO2/c1-21-9-14-26(15-10-21)34(27-16-11-22(2)12-17-27)28-18-13-25(19-23(28)3)30-20-29(35-31(32,33)36-30)24-7-5-4-6-8-24/h4-20H,1-3H3/b30-25+. The number of hydrogen-bond donors (Lipinski definition) is 0. The number of nitrogens with zero attached hydrogens (tertiary/aromatic N) is 1. The first-order valence-electron chi connectivity index (χ1n) is 11.9. The molecule has 0 atom stereocenters. The van der Waals surface area contributed by atoms with E-state index in [-0.39, 0.29) is 11.5 Å². The minimum Gasteiger partial charge on any atom is -0.627 e. The van der Waals surface area contributed by atoms with E-state index in [1.165, 1.54) is 17.2 Å². The number of rotatable bonds is 3. The summed E-state index contributed by atoms with van der Waals surface area (Å²) in [5.41, 5.74) is 7.36. The molecule has 0 amide bonds. The van der Waals surface area contributed by atoms with Crippen molar-refractivity contribution in [3.8, 4) is 0 Å². The molecule has 1 aliphatic heterocycles. The van der Waals surface area contributed by atoms with Gasteiger partial charge in [-0.2, -0.15) is 4.58 Å². The topological polar surface area (TPSA) is 21.5 Å². The summed E-state index contributed by atoms with van der Waals surface area (Å²) in [5, 5.41) is 0. The molecule has 5 rings (SSSR count). The Labute approximate surface area is 210 Å². The minimum absolute atomic E-state index is 0.0805. The van der Waals surface area contributed by atoms with Crippen molar-refractivity contribution in [2.75, 3.05) is 0 Å². The zero-order valence-corrected chi connectivity index (χ0v) is 20.4. The monoisotopic (exact) mass is 481 g/mol. The van der Waals surface area contributed by atoms with Crippen molar-refractivity contribution >= 4 is 30.0 Å². The number of benzene rings is 3. The Kier molecular flexibility index (Phi) is 6.19. The van der Waals surface area contributed by atoms with E-state index in [0.29, 0.717) is 11.1 Å². The van der Waals surface area contributed by atoms with Gasteiger partial charge in [0.15, 0.2) is 0 Å². The van der Waals surface area contributed by atoms with Crippen LogP contribution in [0.2, 0.25) is 0 Å². The van der Waals surface area contributed by atoms with E-state index in [0.717, 1.165) is 22.7 Å². The van der Waals surface area contributed by atoms with Crippen molar-refractivity contribution in [3.05, 3.63) is 137 Å². The van der Waals surface area contributed by atoms with Crippen molar-refractivity contribution in [1.29, 1.82) is 0 Å². The molecule has 0 saturated heterocycles. The molecule has 6 heteroatoms. The lowest BCUT2D eigenvalue weighted by Gasteiger charge is -2.35. The Balaban J connectivity index is 1.62. The zero-order valence-electron chi connectivity index (χ0n) is 20.4. The molecule has 3 nitrogen and oxygen atoms in total. The Bertz CT molecular complexity index is 1400. The molecule has 0 aromatic heterocycles. The van der Waals surface area contributed by atoms with Gasteiger partial charge in [-0.05, 0) is 32.9 Å². The Morgan fingerprint density at radius 2 is 1.25 bits per heavy atom. The van der Waals surface area contributed by atoms with Crippen LogP contribution >= 0.6 is 0 Å². The smallest absolute Gasteiger partial charge is 0.627 e. The Hall–Kier alpha value is -4.19. The third-order valence-corrected chi connectivity index (χ3v) is 6.16. The second-order valence-corrected chi connectivity index (χ2v) is 9.02. The van der Waals surface area contributed by atoms with E-state index in [2.05, 4.69) is 67.0 Å².